The molecule has 2 fully saturated rings. The van der Waals surface area contributed by atoms with Crippen LogP contribution in [0.25, 0.3) is 0 Å². The highest BCUT2D eigenvalue weighted by Gasteiger charge is 2.31. The highest BCUT2D eigenvalue weighted by molar-refractivity contribution is 5.39. The predicted octanol–water partition coefficient (Wildman–Crippen LogP) is 1.36. The minimum absolute atomic E-state index is 0.739. The highest BCUT2D eigenvalue weighted by atomic mass is 15.2. The van der Waals surface area contributed by atoms with E-state index in [2.05, 4.69) is 26.3 Å². The van der Waals surface area contributed by atoms with Crippen molar-refractivity contribution in [2.75, 3.05) is 24.5 Å². The first kappa shape index (κ1) is 11.0. The normalized spacial score (nSPS) is 28.9. The van der Waals surface area contributed by atoms with Crippen LogP contribution < -0.4 is 10.2 Å². The molecule has 2 atom stereocenters. The second-order valence-electron chi connectivity index (χ2n) is 5.22. The number of hydrogen-bond acceptors (Lipinski definition) is 4. The molecule has 17 heavy (non-hydrogen) atoms. The maximum atomic E-state index is 4.40. The number of piperidine rings is 2. The van der Waals surface area contributed by atoms with Crippen LogP contribution in [0.5, 0.6) is 0 Å². The van der Waals surface area contributed by atoms with Gasteiger partial charge in [0.25, 0.3) is 0 Å². The van der Waals surface area contributed by atoms with Crippen LogP contribution in [0.3, 0.4) is 0 Å². The minimum Gasteiger partial charge on any atom is -0.356 e. The lowest BCUT2D eigenvalue weighted by atomic mass is 9.85. The summed E-state index contributed by atoms with van der Waals surface area (Å²) in [5.41, 5.74) is 1.05. The van der Waals surface area contributed by atoms with Crippen LogP contribution in [0.1, 0.15) is 25.0 Å². The first-order chi connectivity index (χ1) is 8.33. The number of nitrogens with zero attached hydrogens (tertiary/aromatic N) is 3. The first-order valence-corrected chi connectivity index (χ1v) is 6.60. The van der Waals surface area contributed by atoms with E-state index < -0.39 is 0 Å². The summed E-state index contributed by atoms with van der Waals surface area (Å²) in [4.78, 5) is 11.0. The van der Waals surface area contributed by atoms with Gasteiger partial charge in [-0.05, 0) is 38.6 Å². The van der Waals surface area contributed by atoms with E-state index >= 15 is 0 Å². The summed E-state index contributed by atoms with van der Waals surface area (Å²) in [5.74, 6) is 1.90. The van der Waals surface area contributed by atoms with Crippen molar-refractivity contribution >= 4 is 5.82 Å². The van der Waals surface area contributed by atoms with Crippen molar-refractivity contribution in [3.8, 4) is 0 Å². The quantitative estimate of drug-likeness (QED) is 0.794. The third-order valence-corrected chi connectivity index (χ3v) is 4.01. The Morgan fingerprint density at radius 1 is 1.35 bits per heavy atom. The Morgan fingerprint density at radius 2 is 2.29 bits per heavy atom. The van der Waals surface area contributed by atoms with E-state index in [-0.39, 0.29) is 0 Å². The fourth-order valence-electron chi connectivity index (χ4n) is 3.07. The fraction of sp³-hybridized carbons (Fsp3) is 0.692. The summed E-state index contributed by atoms with van der Waals surface area (Å²) in [6.07, 6.45) is 5.60. The SMILES string of the molecule is Cc1cc(N2CCC3NCCCC3C2)ncn1. The monoisotopic (exact) mass is 232 g/mol. The van der Waals surface area contributed by atoms with Gasteiger partial charge in [-0.15, -0.1) is 0 Å². The van der Waals surface area contributed by atoms with Crippen molar-refractivity contribution in [2.24, 2.45) is 5.92 Å². The molecular formula is C13H20N4. The lowest BCUT2D eigenvalue weighted by molar-refractivity contribution is 0.244. The summed E-state index contributed by atoms with van der Waals surface area (Å²) in [5, 5.41) is 3.64. The molecule has 3 rings (SSSR count). The molecule has 1 aromatic heterocycles. The Kier molecular flexibility index (Phi) is 2.97. The Labute approximate surface area is 102 Å². The lowest BCUT2D eigenvalue weighted by Crippen LogP contribution is -2.52. The Balaban J connectivity index is 1.73. The Morgan fingerprint density at radius 3 is 3.18 bits per heavy atom. The second-order valence-corrected chi connectivity index (χ2v) is 5.22. The molecule has 2 aliphatic heterocycles. The van der Waals surface area contributed by atoms with Crippen molar-refractivity contribution in [1.82, 2.24) is 15.3 Å². The predicted molar refractivity (Wildman–Crippen MR) is 68.1 cm³/mol. The van der Waals surface area contributed by atoms with Crippen molar-refractivity contribution in [2.45, 2.75) is 32.2 Å². The van der Waals surface area contributed by atoms with E-state index in [0.717, 1.165) is 36.6 Å². The summed E-state index contributed by atoms with van der Waals surface area (Å²) >= 11 is 0. The zero-order valence-electron chi connectivity index (χ0n) is 10.4. The molecule has 0 amide bonds. The van der Waals surface area contributed by atoms with Gasteiger partial charge in [-0.2, -0.15) is 0 Å². The van der Waals surface area contributed by atoms with Gasteiger partial charge in [-0.25, -0.2) is 9.97 Å². The van der Waals surface area contributed by atoms with Gasteiger partial charge in [0.2, 0.25) is 0 Å². The lowest BCUT2D eigenvalue weighted by Gasteiger charge is -2.42. The number of hydrogen-bond donors (Lipinski definition) is 1. The van der Waals surface area contributed by atoms with E-state index in [9.17, 15) is 0 Å². The maximum Gasteiger partial charge on any atom is 0.132 e. The van der Waals surface area contributed by atoms with Gasteiger partial charge >= 0.3 is 0 Å². The van der Waals surface area contributed by atoms with Gasteiger partial charge in [-0.3, -0.25) is 0 Å². The molecule has 0 spiro atoms. The average Bonchev–Trinajstić information content (AvgIpc) is 2.38. The highest BCUT2D eigenvalue weighted by Crippen LogP contribution is 2.27. The smallest absolute Gasteiger partial charge is 0.132 e. The topological polar surface area (TPSA) is 41.0 Å². The van der Waals surface area contributed by atoms with Crippen LogP contribution in [0.15, 0.2) is 12.4 Å². The molecule has 2 unspecified atom stereocenters. The Hall–Kier alpha value is -1.16. The number of nitrogens with one attached hydrogen (secondary N) is 1. The minimum atomic E-state index is 0.739. The number of aryl methyl sites for hydroxylation is 1. The standard InChI is InChI=1S/C13H20N4/c1-10-7-13(16-9-15-10)17-6-4-12-11(8-17)3-2-5-14-12/h7,9,11-12,14H,2-6,8H2,1H3. The number of aromatic nitrogens is 2. The van der Waals surface area contributed by atoms with Crippen LogP contribution in [0.4, 0.5) is 5.82 Å². The van der Waals surface area contributed by atoms with Gasteiger partial charge in [0.1, 0.15) is 12.1 Å². The van der Waals surface area contributed by atoms with Crippen LogP contribution in [-0.4, -0.2) is 35.6 Å². The van der Waals surface area contributed by atoms with E-state index in [1.165, 1.54) is 25.8 Å². The van der Waals surface area contributed by atoms with Crippen LogP contribution in [0.2, 0.25) is 0 Å². The zero-order chi connectivity index (χ0) is 11.7. The average molecular weight is 232 g/mol. The van der Waals surface area contributed by atoms with Crippen molar-refractivity contribution in [1.29, 1.82) is 0 Å². The van der Waals surface area contributed by atoms with Crippen LogP contribution >= 0.6 is 0 Å². The summed E-state index contributed by atoms with van der Waals surface area (Å²) in [6.45, 7) is 5.49. The number of rotatable bonds is 1. The summed E-state index contributed by atoms with van der Waals surface area (Å²) in [7, 11) is 0. The van der Waals surface area contributed by atoms with E-state index in [4.69, 9.17) is 0 Å². The molecule has 1 aromatic rings. The fourth-order valence-corrected chi connectivity index (χ4v) is 3.07. The Bertz CT molecular complexity index is 393. The zero-order valence-corrected chi connectivity index (χ0v) is 10.4. The van der Waals surface area contributed by atoms with E-state index in [1.807, 2.05) is 6.92 Å². The van der Waals surface area contributed by atoms with Crippen molar-refractivity contribution in [3.63, 3.8) is 0 Å². The number of anilines is 1. The largest absolute Gasteiger partial charge is 0.356 e. The van der Waals surface area contributed by atoms with E-state index in [0.29, 0.717) is 0 Å². The summed E-state index contributed by atoms with van der Waals surface area (Å²) < 4.78 is 0. The second kappa shape index (κ2) is 4.61. The van der Waals surface area contributed by atoms with Gasteiger partial charge in [0.15, 0.2) is 0 Å². The first-order valence-electron chi connectivity index (χ1n) is 6.60. The molecule has 92 valence electrons. The van der Waals surface area contributed by atoms with Crippen LogP contribution in [0, 0.1) is 12.8 Å². The molecule has 2 saturated heterocycles. The van der Waals surface area contributed by atoms with E-state index in [1.54, 1.807) is 6.33 Å². The van der Waals surface area contributed by atoms with Gasteiger partial charge in [0, 0.05) is 30.9 Å². The van der Waals surface area contributed by atoms with Crippen molar-refractivity contribution in [3.05, 3.63) is 18.1 Å². The molecule has 2 aliphatic rings. The maximum absolute atomic E-state index is 4.40. The van der Waals surface area contributed by atoms with Crippen molar-refractivity contribution < 1.29 is 0 Å². The molecule has 4 heteroatoms. The molecular weight excluding hydrogens is 212 g/mol. The van der Waals surface area contributed by atoms with Crippen LogP contribution in [-0.2, 0) is 0 Å². The molecule has 4 nitrogen and oxygen atoms in total. The number of fused-ring (bicyclic) bond motifs is 1. The molecule has 0 aliphatic carbocycles. The third-order valence-electron chi connectivity index (χ3n) is 4.01. The van der Waals surface area contributed by atoms with Gasteiger partial charge in [0.05, 0.1) is 0 Å². The van der Waals surface area contributed by atoms with Gasteiger partial charge < -0.3 is 10.2 Å². The summed E-state index contributed by atoms with van der Waals surface area (Å²) in [6, 6.07) is 2.83. The molecule has 0 bridgehead atoms. The molecule has 0 saturated carbocycles. The molecule has 0 aromatic carbocycles. The third kappa shape index (κ3) is 2.27. The molecule has 3 heterocycles. The van der Waals surface area contributed by atoms with Gasteiger partial charge in [-0.1, -0.05) is 0 Å². The molecule has 1 N–H and O–H groups in total. The molecule has 0 radical (unpaired) electrons.